The zero-order chi connectivity index (χ0) is 9.52. The predicted octanol–water partition coefficient (Wildman–Crippen LogP) is 3.43. The van der Waals surface area contributed by atoms with Gasteiger partial charge in [0.25, 0.3) is 0 Å². The van der Waals surface area contributed by atoms with Crippen molar-refractivity contribution in [2.45, 2.75) is 25.5 Å². The molecule has 0 amide bonds. The van der Waals surface area contributed by atoms with E-state index in [2.05, 4.69) is 6.92 Å². The smallest absolute Gasteiger partial charge is 0.119 e. The lowest BCUT2D eigenvalue weighted by Gasteiger charge is -2.03. The summed E-state index contributed by atoms with van der Waals surface area (Å²) < 4.78 is 0. The second-order valence-corrected chi connectivity index (χ2v) is 4.14. The van der Waals surface area contributed by atoms with Crippen LogP contribution in [0.4, 0.5) is 0 Å². The molecule has 0 spiro atoms. The summed E-state index contributed by atoms with van der Waals surface area (Å²) >= 11 is 1.89. The molecular weight excluding hydrogens is 180 g/mol. The predicted molar refractivity (Wildman–Crippen MR) is 59.2 cm³/mol. The third-order valence-electron chi connectivity index (χ3n) is 1.89. The fourth-order valence-corrected chi connectivity index (χ4v) is 2.16. The lowest BCUT2D eigenvalue weighted by molar-refractivity contribution is 0.470. The summed E-state index contributed by atoms with van der Waals surface area (Å²) in [5, 5.41) is 9.45. The van der Waals surface area contributed by atoms with Gasteiger partial charge in [0.2, 0.25) is 0 Å². The van der Waals surface area contributed by atoms with E-state index in [-0.39, 0.29) is 0 Å². The van der Waals surface area contributed by atoms with Gasteiger partial charge < -0.3 is 5.11 Å². The minimum atomic E-state index is 0.423. The SMILES string of the molecule is CCCCSCc1ccccc1O. The summed E-state index contributed by atoms with van der Waals surface area (Å²) in [5.41, 5.74) is 1.05. The van der Waals surface area contributed by atoms with Crippen molar-refractivity contribution in [3.05, 3.63) is 29.8 Å². The zero-order valence-corrected chi connectivity index (χ0v) is 8.81. The fraction of sp³-hybridized carbons (Fsp3) is 0.455. The number of thioether (sulfide) groups is 1. The lowest BCUT2D eigenvalue weighted by atomic mass is 10.2. The van der Waals surface area contributed by atoms with Gasteiger partial charge >= 0.3 is 0 Å². The maximum absolute atomic E-state index is 9.45. The summed E-state index contributed by atoms with van der Waals surface area (Å²) in [5.74, 6) is 2.53. The molecule has 0 aromatic heterocycles. The molecule has 1 aromatic carbocycles. The molecule has 1 aromatic rings. The summed E-state index contributed by atoms with van der Waals surface area (Å²) in [6.07, 6.45) is 2.51. The number of unbranched alkanes of at least 4 members (excludes halogenated alkanes) is 1. The van der Waals surface area contributed by atoms with Crippen molar-refractivity contribution in [1.82, 2.24) is 0 Å². The van der Waals surface area contributed by atoms with E-state index in [0.29, 0.717) is 5.75 Å². The van der Waals surface area contributed by atoms with E-state index in [9.17, 15) is 5.11 Å². The highest BCUT2D eigenvalue weighted by Crippen LogP contribution is 2.21. The molecule has 0 atom stereocenters. The minimum absolute atomic E-state index is 0.423. The van der Waals surface area contributed by atoms with Crippen LogP contribution in [0, 0.1) is 0 Å². The zero-order valence-electron chi connectivity index (χ0n) is 7.99. The number of phenols is 1. The van der Waals surface area contributed by atoms with Gasteiger partial charge in [0.05, 0.1) is 0 Å². The normalized spacial score (nSPS) is 10.2. The number of phenolic OH excluding ortho intramolecular Hbond substituents is 1. The topological polar surface area (TPSA) is 20.2 Å². The molecule has 1 N–H and O–H groups in total. The number of hydrogen-bond acceptors (Lipinski definition) is 2. The summed E-state index contributed by atoms with van der Waals surface area (Å²) in [7, 11) is 0. The molecule has 0 fully saturated rings. The maximum Gasteiger partial charge on any atom is 0.119 e. The van der Waals surface area contributed by atoms with E-state index in [1.165, 1.54) is 18.6 Å². The molecule has 2 heteroatoms. The van der Waals surface area contributed by atoms with Crippen molar-refractivity contribution in [2.24, 2.45) is 0 Å². The Bertz CT molecular complexity index is 248. The molecule has 0 bridgehead atoms. The first-order valence-electron chi connectivity index (χ1n) is 4.69. The van der Waals surface area contributed by atoms with Gasteiger partial charge in [-0.2, -0.15) is 11.8 Å². The van der Waals surface area contributed by atoms with Crippen LogP contribution < -0.4 is 0 Å². The quantitative estimate of drug-likeness (QED) is 0.728. The van der Waals surface area contributed by atoms with Crippen molar-refractivity contribution in [1.29, 1.82) is 0 Å². The minimum Gasteiger partial charge on any atom is -0.508 e. The lowest BCUT2D eigenvalue weighted by Crippen LogP contribution is -1.83. The monoisotopic (exact) mass is 196 g/mol. The Balaban J connectivity index is 2.32. The van der Waals surface area contributed by atoms with Gasteiger partial charge in [0.15, 0.2) is 0 Å². The third-order valence-corrected chi connectivity index (χ3v) is 2.98. The molecule has 0 aliphatic carbocycles. The third kappa shape index (κ3) is 3.73. The number of rotatable bonds is 5. The van der Waals surface area contributed by atoms with Crippen LogP contribution in [0.5, 0.6) is 5.75 Å². The molecule has 0 saturated carbocycles. The van der Waals surface area contributed by atoms with Crippen LogP contribution in [0.2, 0.25) is 0 Å². The molecule has 0 aliphatic heterocycles. The largest absolute Gasteiger partial charge is 0.508 e. The summed E-state index contributed by atoms with van der Waals surface area (Å²) in [6.45, 7) is 2.19. The Morgan fingerprint density at radius 3 is 2.77 bits per heavy atom. The standard InChI is InChI=1S/C11H16OS/c1-2-3-8-13-9-10-6-4-5-7-11(10)12/h4-7,12H,2-3,8-9H2,1H3. The first-order chi connectivity index (χ1) is 6.34. The van der Waals surface area contributed by atoms with Gasteiger partial charge in [-0.1, -0.05) is 31.5 Å². The van der Waals surface area contributed by atoms with Crippen molar-refractivity contribution >= 4 is 11.8 Å². The Hall–Kier alpha value is -0.630. The first kappa shape index (κ1) is 10.5. The number of para-hydroxylation sites is 1. The average Bonchev–Trinajstić information content (AvgIpc) is 2.15. The van der Waals surface area contributed by atoms with E-state index in [1.54, 1.807) is 6.07 Å². The van der Waals surface area contributed by atoms with Crippen LogP contribution in [-0.2, 0) is 5.75 Å². The van der Waals surface area contributed by atoms with Crippen LogP contribution in [-0.4, -0.2) is 10.9 Å². The van der Waals surface area contributed by atoms with E-state index in [1.807, 2.05) is 30.0 Å². The average molecular weight is 196 g/mol. The van der Waals surface area contributed by atoms with Crippen molar-refractivity contribution in [3.8, 4) is 5.75 Å². The van der Waals surface area contributed by atoms with Crippen molar-refractivity contribution < 1.29 is 5.11 Å². The molecule has 0 saturated heterocycles. The fourth-order valence-electron chi connectivity index (χ4n) is 1.06. The Morgan fingerprint density at radius 1 is 1.31 bits per heavy atom. The van der Waals surface area contributed by atoms with E-state index in [4.69, 9.17) is 0 Å². The molecular formula is C11H16OS. The molecule has 0 unspecified atom stereocenters. The Kier molecular flexibility index (Phi) is 4.76. The molecule has 1 rings (SSSR count). The maximum atomic E-state index is 9.45. The molecule has 0 aliphatic rings. The van der Waals surface area contributed by atoms with Crippen LogP contribution in [0.3, 0.4) is 0 Å². The second kappa shape index (κ2) is 5.92. The summed E-state index contributed by atoms with van der Waals surface area (Å²) in [6, 6.07) is 7.55. The molecule has 1 nitrogen and oxygen atoms in total. The number of benzene rings is 1. The van der Waals surface area contributed by atoms with Crippen LogP contribution >= 0.6 is 11.8 Å². The van der Waals surface area contributed by atoms with E-state index in [0.717, 1.165) is 11.3 Å². The van der Waals surface area contributed by atoms with Crippen LogP contribution in [0.1, 0.15) is 25.3 Å². The van der Waals surface area contributed by atoms with E-state index < -0.39 is 0 Å². The molecule has 13 heavy (non-hydrogen) atoms. The second-order valence-electron chi connectivity index (χ2n) is 3.03. The number of aromatic hydroxyl groups is 1. The highest BCUT2D eigenvalue weighted by Gasteiger charge is 1.98. The Labute approximate surface area is 84.2 Å². The van der Waals surface area contributed by atoms with Gasteiger partial charge in [-0.3, -0.25) is 0 Å². The highest BCUT2D eigenvalue weighted by atomic mass is 32.2. The summed E-state index contributed by atoms with van der Waals surface area (Å²) in [4.78, 5) is 0. The Morgan fingerprint density at radius 2 is 2.08 bits per heavy atom. The molecule has 0 radical (unpaired) electrons. The van der Waals surface area contributed by atoms with Crippen molar-refractivity contribution in [3.63, 3.8) is 0 Å². The van der Waals surface area contributed by atoms with Gasteiger partial charge in [0, 0.05) is 11.3 Å². The molecule has 0 heterocycles. The van der Waals surface area contributed by atoms with Gasteiger partial charge in [-0.05, 0) is 18.2 Å². The first-order valence-corrected chi connectivity index (χ1v) is 5.84. The van der Waals surface area contributed by atoms with Crippen molar-refractivity contribution in [2.75, 3.05) is 5.75 Å². The van der Waals surface area contributed by atoms with Gasteiger partial charge in [-0.25, -0.2) is 0 Å². The molecule has 72 valence electrons. The van der Waals surface area contributed by atoms with Crippen LogP contribution in [0.25, 0.3) is 0 Å². The van der Waals surface area contributed by atoms with Gasteiger partial charge in [0.1, 0.15) is 5.75 Å². The van der Waals surface area contributed by atoms with E-state index >= 15 is 0 Å². The van der Waals surface area contributed by atoms with Gasteiger partial charge in [-0.15, -0.1) is 0 Å². The highest BCUT2D eigenvalue weighted by molar-refractivity contribution is 7.98. The van der Waals surface area contributed by atoms with Crippen LogP contribution in [0.15, 0.2) is 24.3 Å². The number of hydrogen-bond donors (Lipinski definition) is 1.